The Labute approximate surface area is 122 Å². The molecule has 0 atom stereocenters. The van der Waals surface area contributed by atoms with Crippen LogP contribution in [-0.2, 0) is 4.79 Å². The highest BCUT2D eigenvalue weighted by molar-refractivity contribution is 5.91. The van der Waals surface area contributed by atoms with Crippen molar-refractivity contribution in [3.63, 3.8) is 0 Å². The highest BCUT2D eigenvalue weighted by Gasteiger charge is 2.08. The van der Waals surface area contributed by atoms with E-state index in [-0.39, 0.29) is 5.91 Å². The molecule has 0 fully saturated rings. The molecule has 1 amide bonds. The van der Waals surface area contributed by atoms with Crippen LogP contribution in [0.5, 0.6) is 0 Å². The standard InChI is InChI=1S/C16H27N3O/c1-13(2)14-7-5-6-8-15(14)18-16(20)9-10-17-11-12-19(3)4/h5-8,13,17H,9-12H2,1-4H3,(H,18,20). The lowest BCUT2D eigenvalue weighted by molar-refractivity contribution is -0.116. The number of anilines is 1. The van der Waals surface area contributed by atoms with Crippen LogP contribution in [0, 0.1) is 0 Å². The summed E-state index contributed by atoms with van der Waals surface area (Å²) in [4.78, 5) is 14.0. The van der Waals surface area contributed by atoms with E-state index in [2.05, 4.69) is 35.4 Å². The van der Waals surface area contributed by atoms with Gasteiger partial charge in [0.25, 0.3) is 0 Å². The fraction of sp³-hybridized carbons (Fsp3) is 0.562. The first-order chi connectivity index (χ1) is 9.50. The van der Waals surface area contributed by atoms with E-state index in [0.717, 1.165) is 18.8 Å². The second-order valence-corrected chi connectivity index (χ2v) is 5.59. The molecule has 0 aliphatic rings. The van der Waals surface area contributed by atoms with Crippen molar-refractivity contribution in [3.05, 3.63) is 29.8 Å². The molecule has 20 heavy (non-hydrogen) atoms. The highest BCUT2D eigenvalue weighted by atomic mass is 16.1. The van der Waals surface area contributed by atoms with Crippen LogP contribution in [0.3, 0.4) is 0 Å². The Kier molecular flexibility index (Phi) is 7.26. The van der Waals surface area contributed by atoms with Gasteiger partial charge < -0.3 is 15.5 Å². The molecule has 0 unspecified atom stereocenters. The maximum absolute atomic E-state index is 11.9. The molecule has 1 aromatic rings. The first-order valence-electron chi connectivity index (χ1n) is 7.25. The number of hydrogen-bond acceptors (Lipinski definition) is 3. The Morgan fingerprint density at radius 3 is 2.55 bits per heavy atom. The van der Waals surface area contributed by atoms with Gasteiger partial charge in [-0.1, -0.05) is 32.0 Å². The van der Waals surface area contributed by atoms with Gasteiger partial charge in [-0.05, 0) is 31.6 Å². The molecule has 1 aromatic carbocycles. The maximum atomic E-state index is 11.9. The minimum Gasteiger partial charge on any atom is -0.326 e. The normalized spacial score (nSPS) is 11.1. The number of carbonyl (C=O) groups is 1. The van der Waals surface area contributed by atoms with Gasteiger partial charge in [0.2, 0.25) is 5.91 Å². The molecule has 2 N–H and O–H groups in total. The molecule has 0 aliphatic carbocycles. The minimum atomic E-state index is 0.0652. The van der Waals surface area contributed by atoms with Crippen molar-refractivity contribution in [2.75, 3.05) is 39.0 Å². The van der Waals surface area contributed by atoms with E-state index >= 15 is 0 Å². The predicted molar refractivity (Wildman–Crippen MR) is 85.2 cm³/mol. The Hall–Kier alpha value is -1.39. The van der Waals surface area contributed by atoms with Crippen molar-refractivity contribution in [1.82, 2.24) is 10.2 Å². The van der Waals surface area contributed by atoms with Gasteiger partial charge in [0.1, 0.15) is 0 Å². The van der Waals surface area contributed by atoms with Gasteiger partial charge >= 0.3 is 0 Å². The molecule has 1 rings (SSSR count). The van der Waals surface area contributed by atoms with Gasteiger partial charge in [-0.2, -0.15) is 0 Å². The van der Waals surface area contributed by atoms with Gasteiger partial charge in [0.15, 0.2) is 0 Å². The monoisotopic (exact) mass is 277 g/mol. The number of para-hydroxylation sites is 1. The molecular weight excluding hydrogens is 250 g/mol. The first-order valence-corrected chi connectivity index (χ1v) is 7.25. The maximum Gasteiger partial charge on any atom is 0.225 e. The predicted octanol–water partition coefficient (Wildman–Crippen LogP) is 2.29. The number of benzene rings is 1. The Morgan fingerprint density at radius 1 is 1.20 bits per heavy atom. The van der Waals surface area contributed by atoms with Crippen LogP contribution in [0.1, 0.15) is 31.7 Å². The number of amides is 1. The summed E-state index contributed by atoms with van der Waals surface area (Å²) in [5.41, 5.74) is 2.11. The largest absolute Gasteiger partial charge is 0.326 e. The zero-order valence-corrected chi connectivity index (χ0v) is 13.1. The summed E-state index contributed by atoms with van der Waals surface area (Å²) in [7, 11) is 4.08. The lowest BCUT2D eigenvalue weighted by Crippen LogP contribution is -2.29. The van der Waals surface area contributed by atoms with E-state index in [4.69, 9.17) is 0 Å². The van der Waals surface area contributed by atoms with Crippen molar-refractivity contribution < 1.29 is 4.79 Å². The number of hydrogen-bond donors (Lipinski definition) is 2. The van der Waals surface area contributed by atoms with Crippen LogP contribution in [-0.4, -0.2) is 44.5 Å². The van der Waals surface area contributed by atoms with Gasteiger partial charge in [0.05, 0.1) is 0 Å². The second-order valence-electron chi connectivity index (χ2n) is 5.59. The Morgan fingerprint density at radius 2 is 1.90 bits per heavy atom. The molecule has 0 saturated heterocycles. The van der Waals surface area contributed by atoms with Crippen molar-refractivity contribution in [2.24, 2.45) is 0 Å². The summed E-state index contributed by atoms with van der Waals surface area (Å²) < 4.78 is 0. The fourth-order valence-corrected chi connectivity index (χ4v) is 1.96. The lowest BCUT2D eigenvalue weighted by Gasteiger charge is -2.14. The average Bonchev–Trinajstić information content (AvgIpc) is 2.38. The molecule has 4 nitrogen and oxygen atoms in total. The summed E-state index contributed by atoms with van der Waals surface area (Å²) in [6, 6.07) is 7.99. The molecule has 0 aromatic heterocycles. The smallest absolute Gasteiger partial charge is 0.225 e. The molecule has 0 saturated carbocycles. The van der Waals surface area contributed by atoms with Crippen molar-refractivity contribution in [3.8, 4) is 0 Å². The van der Waals surface area contributed by atoms with Gasteiger partial charge in [-0.25, -0.2) is 0 Å². The lowest BCUT2D eigenvalue weighted by atomic mass is 10.0. The van der Waals surface area contributed by atoms with E-state index in [0.29, 0.717) is 18.9 Å². The van der Waals surface area contributed by atoms with E-state index < -0.39 is 0 Å². The zero-order valence-electron chi connectivity index (χ0n) is 13.1. The third kappa shape index (κ3) is 6.17. The van der Waals surface area contributed by atoms with Crippen LogP contribution in [0.2, 0.25) is 0 Å². The number of rotatable bonds is 8. The molecule has 0 heterocycles. The Balaban J connectivity index is 2.36. The Bertz CT molecular complexity index is 416. The minimum absolute atomic E-state index is 0.0652. The zero-order chi connectivity index (χ0) is 15.0. The number of likely N-dealkylation sites (N-methyl/N-ethyl adjacent to an activating group) is 1. The second kappa shape index (κ2) is 8.72. The summed E-state index contributed by atoms with van der Waals surface area (Å²) in [6.07, 6.45) is 0.500. The van der Waals surface area contributed by atoms with Crippen molar-refractivity contribution in [1.29, 1.82) is 0 Å². The fourth-order valence-electron chi connectivity index (χ4n) is 1.96. The summed E-state index contributed by atoms with van der Waals surface area (Å²) >= 11 is 0. The summed E-state index contributed by atoms with van der Waals surface area (Å²) in [5.74, 6) is 0.472. The molecule has 0 aliphatic heterocycles. The number of carbonyl (C=O) groups excluding carboxylic acids is 1. The van der Waals surface area contributed by atoms with Crippen LogP contribution >= 0.6 is 0 Å². The van der Waals surface area contributed by atoms with Crippen LogP contribution in [0.4, 0.5) is 5.69 Å². The van der Waals surface area contributed by atoms with E-state index in [9.17, 15) is 4.79 Å². The summed E-state index contributed by atoms with van der Waals surface area (Å²) in [6.45, 7) is 6.87. The highest BCUT2D eigenvalue weighted by Crippen LogP contribution is 2.23. The number of nitrogens with zero attached hydrogens (tertiary/aromatic N) is 1. The third-order valence-corrected chi connectivity index (χ3v) is 3.12. The molecular formula is C16H27N3O. The van der Waals surface area contributed by atoms with Crippen molar-refractivity contribution >= 4 is 11.6 Å². The van der Waals surface area contributed by atoms with Crippen LogP contribution < -0.4 is 10.6 Å². The molecule has 0 radical (unpaired) electrons. The van der Waals surface area contributed by atoms with E-state index in [1.165, 1.54) is 5.56 Å². The number of nitrogens with one attached hydrogen (secondary N) is 2. The van der Waals surface area contributed by atoms with Crippen LogP contribution in [0.15, 0.2) is 24.3 Å². The molecule has 0 spiro atoms. The van der Waals surface area contributed by atoms with Gasteiger partial charge in [-0.3, -0.25) is 4.79 Å². The molecule has 0 bridgehead atoms. The van der Waals surface area contributed by atoms with E-state index in [1.54, 1.807) is 0 Å². The van der Waals surface area contributed by atoms with Gasteiger partial charge in [0, 0.05) is 31.7 Å². The van der Waals surface area contributed by atoms with Crippen molar-refractivity contribution in [2.45, 2.75) is 26.2 Å². The molecule has 4 heteroatoms. The SMILES string of the molecule is CC(C)c1ccccc1NC(=O)CCNCCN(C)C. The quantitative estimate of drug-likeness (QED) is 0.717. The average molecular weight is 277 g/mol. The first kappa shape index (κ1) is 16.7. The molecule has 112 valence electrons. The third-order valence-electron chi connectivity index (χ3n) is 3.12. The van der Waals surface area contributed by atoms with Gasteiger partial charge in [-0.15, -0.1) is 0 Å². The topological polar surface area (TPSA) is 44.4 Å². The summed E-state index contributed by atoms with van der Waals surface area (Å²) in [5, 5.41) is 6.27. The van der Waals surface area contributed by atoms with E-state index in [1.807, 2.05) is 32.3 Å². The van der Waals surface area contributed by atoms with Crippen LogP contribution in [0.25, 0.3) is 0 Å².